The minimum absolute atomic E-state index is 0.136. The average molecular weight is 359 g/mol. The third-order valence-corrected chi connectivity index (χ3v) is 5.16. The molecule has 1 saturated heterocycles. The number of hydrogen-bond donors (Lipinski definition) is 2. The Balaban J connectivity index is 1.61. The number of aryl methyl sites for hydroxylation is 1. The lowest BCUT2D eigenvalue weighted by Gasteiger charge is -2.20. The number of thiazole rings is 1. The topological polar surface area (TPSA) is 82.5 Å². The molecule has 7 heteroatoms. The van der Waals surface area contributed by atoms with Crippen molar-refractivity contribution in [1.82, 2.24) is 9.88 Å². The lowest BCUT2D eigenvalue weighted by Crippen LogP contribution is -2.41. The number of carboxylic acids is 1. The molecule has 1 aliphatic heterocycles. The van der Waals surface area contributed by atoms with Crippen LogP contribution in [-0.4, -0.2) is 39.5 Å². The number of hydrogen-bond acceptors (Lipinski definition) is 5. The van der Waals surface area contributed by atoms with E-state index in [9.17, 15) is 14.7 Å². The van der Waals surface area contributed by atoms with Crippen molar-refractivity contribution in [2.45, 2.75) is 38.6 Å². The Morgan fingerprint density at radius 2 is 2.12 bits per heavy atom. The van der Waals surface area contributed by atoms with Gasteiger partial charge in [0.05, 0.1) is 12.1 Å². The van der Waals surface area contributed by atoms with E-state index in [1.54, 1.807) is 0 Å². The molecule has 1 aromatic carbocycles. The Hall–Kier alpha value is -2.41. The van der Waals surface area contributed by atoms with Gasteiger partial charge in [-0.3, -0.25) is 4.79 Å². The van der Waals surface area contributed by atoms with E-state index in [1.165, 1.54) is 21.8 Å². The second kappa shape index (κ2) is 7.65. The van der Waals surface area contributed by atoms with Crippen LogP contribution < -0.4 is 5.32 Å². The number of likely N-dealkylation sites (tertiary alicyclic amines) is 1. The molecule has 1 fully saturated rings. The van der Waals surface area contributed by atoms with E-state index in [4.69, 9.17) is 0 Å². The van der Waals surface area contributed by atoms with Gasteiger partial charge in [-0.1, -0.05) is 19.1 Å². The smallest absolute Gasteiger partial charge is 0.326 e. The van der Waals surface area contributed by atoms with Gasteiger partial charge in [0.25, 0.3) is 0 Å². The maximum atomic E-state index is 12.4. The van der Waals surface area contributed by atoms with E-state index in [0.717, 1.165) is 23.7 Å². The van der Waals surface area contributed by atoms with Crippen molar-refractivity contribution in [2.24, 2.45) is 0 Å². The Labute approximate surface area is 150 Å². The molecule has 25 heavy (non-hydrogen) atoms. The van der Waals surface area contributed by atoms with Crippen LogP contribution in [0, 0.1) is 0 Å². The maximum absolute atomic E-state index is 12.4. The van der Waals surface area contributed by atoms with Gasteiger partial charge in [-0.05, 0) is 37.0 Å². The van der Waals surface area contributed by atoms with Gasteiger partial charge < -0.3 is 15.3 Å². The zero-order valence-corrected chi connectivity index (χ0v) is 14.9. The van der Waals surface area contributed by atoms with Crippen molar-refractivity contribution in [3.63, 3.8) is 0 Å². The van der Waals surface area contributed by atoms with Crippen LogP contribution in [0.4, 0.5) is 10.8 Å². The highest BCUT2D eigenvalue weighted by molar-refractivity contribution is 7.13. The van der Waals surface area contributed by atoms with Gasteiger partial charge in [0.1, 0.15) is 6.04 Å². The van der Waals surface area contributed by atoms with E-state index in [2.05, 4.69) is 29.4 Å². The molecular formula is C18H21N3O3S. The van der Waals surface area contributed by atoms with Gasteiger partial charge in [0.2, 0.25) is 5.91 Å². The normalized spacial score (nSPS) is 16.8. The highest BCUT2D eigenvalue weighted by Crippen LogP contribution is 2.23. The summed E-state index contributed by atoms with van der Waals surface area (Å²) in [5, 5.41) is 15.0. The Bertz CT molecular complexity index is 757. The summed E-state index contributed by atoms with van der Waals surface area (Å²) >= 11 is 1.44. The van der Waals surface area contributed by atoms with Crippen molar-refractivity contribution in [2.75, 3.05) is 11.9 Å². The molecule has 132 valence electrons. The third-order valence-electron chi connectivity index (χ3n) is 4.36. The summed E-state index contributed by atoms with van der Waals surface area (Å²) in [4.78, 5) is 29.5. The molecule has 2 aromatic rings. The van der Waals surface area contributed by atoms with Crippen LogP contribution >= 0.6 is 11.3 Å². The van der Waals surface area contributed by atoms with Gasteiger partial charge in [-0.15, -0.1) is 11.3 Å². The first-order valence-corrected chi connectivity index (χ1v) is 9.27. The van der Waals surface area contributed by atoms with Gasteiger partial charge in [-0.2, -0.15) is 0 Å². The van der Waals surface area contributed by atoms with Crippen molar-refractivity contribution in [1.29, 1.82) is 0 Å². The van der Waals surface area contributed by atoms with Crippen LogP contribution in [0.3, 0.4) is 0 Å². The Morgan fingerprint density at radius 3 is 2.80 bits per heavy atom. The summed E-state index contributed by atoms with van der Waals surface area (Å²) in [6.07, 6.45) is 2.40. The summed E-state index contributed by atoms with van der Waals surface area (Å²) in [7, 11) is 0. The highest BCUT2D eigenvalue weighted by Gasteiger charge is 2.33. The zero-order valence-electron chi connectivity index (χ0n) is 14.1. The van der Waals surface area contributed by atoms with E-state index in [0.29, 0.717) is 18.7 Å². The zero-order chi connectivity index (χ0) is 17.8. The first kappa shape index (κ1) is 17.4. The van der Waals surface area contributed by atoms with E-state index in [1.807, 2.05) is 17.5 Å². The maximum Gasteiger partial charge on any atom is 0.326 e. The predicted octanol–water partition coefficient (Wildman–Crippen LogP) is 3.07. The van der Waals surface area contributed by atoms with E-state index in [-0.39, 0.29) is 12.3 Å². The molecule has 0 radical (unpaired) electrons. The van der Waals surface area contributed by atoms with Crippen LogP contribution in [0.5, 0.6) is 0 Å². The standard InChI is InChI=1S/C18H21N3O3S/c1-2-12-5-7-13(8-6-12)19-18-20-14(11-25-18)10-16(22)21-9-3-4-15(21)17(23)24/h5-8,11,15H,2-4,9-10H2,1H3,(H,19,20)(H,23,24). The molecule has 2 heterocycles. The minimum atomic E-state index is -0.929. The molecule has 0 bridgehead atoms. The molecule has 1 amide bonds. The van der Waals surface area contributed by atoms with Gasteiger partial charge in [-0.25, -0.2) is 9.78 Å². The number of amides is 1. The van der Waals surface area contributed by atoms with Gasteiger partial charge in [0.15, 0.2) is 5.13 Å². The molecular weight excluding hydrogens is 338 g/mol. The lowest BCUT2D eigenvalue weighted by molar-refractivity contribution is -0.148. The molecule has 3 rings (SSSR count). The summed E-state index contributed by atoms with van der Waals surface area (Å²) in [5.74, 6) is -1.10. The number of aromatic nitrogens is 1. The average Bonchev–Trinajstić information content (AvgIpc) is 3.25. The number of carbonyl (C=O) groups is 2. The van der Waals surface area contributed by atoms with Gasteiger partial charge >= 0.3 is 5.97 Å². The molecule has 2 N–H and O–H groups in total. The number of nitrogens with zero attached hydrogens (tertiary/aromatic N) is 2. The Kier molecular flexibility index (Phi) is 5.33. The number of anilines is 2. The fourth-order valence-electron chi connectivity index (χ4n) is 2.97. The Morgan fingerprint density at radius 1 is 1.36 bits per heavy atom. The first-order valence-electron chi connectivity index (χ1n) is 8.39. The number of carboxylic acid groups (broad SMARTS) is 1. The minimum Gasteiger partial charge on any atom is -0.480 e. The van der Waals surface area contributed by atoms with Crippen LogP contribution in [-0.2, 0) is 22.4 Å². The fourth-order valence-corrected chi connectivity index (χ4v) is 3.70. The number of carbonyl (C=O) groups excluding carboxylic acids is 1. The third kappa shape index (κ3) is 4.17. The lowest BCUT2D eigenvalue weighted by atomic mass is 10.1. The summed E-state index contributed by atoms with van der Waals surface area (Å²) in [5.41, 5.74) is 2.89. The molecule has 1 atom stereocenters. The number of benzene rings is 1. The second-order valence-electron chi connectivity index (χ2n) is 6.08. The van der Waals surface area contributed by atoms with Crippen molar-refractivity contribution >= 4 is 34.0 Å². The number of rotatable bonds is 6. The van der Waals surface area contributed by atoms with Crippen molar-refractivity contribution < 1.29 is 14.7 Å². The summed E-state index contributed by atoms with van der Waals surface area (Å²) in [6, 6.07) is 7.46. The predicted molar refractivity (Wildman–Crippen MR) is 97.3 cm³/mol. The van der Waals surface area contributed by atoms with Gasteiger partial charge in [0, 0.05) is 17.6 Å². The highest BCUT2D eigenvalue weighted by atomic mass is 32.1. The van der Waals surface area contributed by atoms with Crippen LogP contribution in [0.25, 0.3) is 0 Å². The molecule has 0 aliphatic carbocycles. The summed E-state index contributed by atoms with van der Waals surface area (Å²) in [6.45, 7) is 2.62. The first-order chi connectivity index (χ1) is 12.1. The van der Waals surface area contributed by atoms with Crippen LogP contribution in [0.1, 0.15) is 31.0 Å². The van der Waals surface area contributed by atoms with Crippen LogP contribution in [0.15, 0.2) is 29.6 Å². The van der Waals surface area contributed by atoms with Crippen LogP contribution in [0.2, 0.25) is 0 Å². The fraction of sp³-hybridized carbons (Fsp3) is 0.389. The molecule has 6 nitrogen and oxygen atoms in total. The van der Waals surface area contributed by atoms with Crippen molar-refractivity contribution in [3.05, 3.63) is 40.9 Å². The summed E-state index contributed by atoms with van der Waals surface area (Å²) < 4.78 is 0. The quantitative estimate of drug-likeness (QED) is 0.828. The second-order valence-corrected chi connectivity index (χ2v) is 6.94. The van der Waals surface area contributed by atoms with E-state index >= 15 is 0 Å². The molecule has 1 aliphatic rings. The van der Waals surface area contributed by atoms with Crippen molar-refractivity contribution in [3.8, 4) is 0 Å². The molecule has 1 aromatic heterocycles. The molecule has 0 saturated carbocycles. The molecule has 0 spiro atoms. The monoisotopic (exact) mass is 359 g/mol. The SMILES string of the molecule is CCc1ccc(Nc2nc(CC(=O)N3CCCC3C(=O)O)cs2)cc1. The number of aliphatic carboxylic acids is 1. The largest absolute Gasteiger partial charge is 0.480 e. The molecule has 1 unspecified atom stereocenters. The number of nitrogens with one attached hydrogen (secondary N) is 1. The van der Waals surface area contributed by atoms with E-state index < -0.39 is 12.0 Å².